The fraction of sp³-hybridized carbons (Fsp3) is 0.636. The van der Waals surface area contributed by atoms with E-state index in [1.165, 1.54) is 16.8 Å². The van der Waals surface area contributed by atoms with E-state index in [0.29, 0.717) is 19.6 Å². The van der Waals surface area contributed by atoms with Crippen LogP contribution in [-0.2, 0) is 16.0 Å². The van der Waals surface area contributed by atoms with Gasteiger partial charge in [-0.05, 0) is 20.3 Å². The third kappa shape index (κ3) is 3.04. The molecule has 1 saturated heterocycles. The third-order valence-electron chi connectivity index (χ3n) is 2.66. The molecule has 1 aliphatic heterocycles. The Labute approximate surface area is 98.2 Å². The van der Waals surface area contributed by atoms with Gasteiger partial charge in [0.25, 0.3) is 5.56 Å². The Bertz CT molecular complexity index is 503. The molecule has 1 aromatic rings. The molecule has 0 amide bonds. The SMILES string of the molecule is CC1(C)OC[C@@H](CCn2ccc(=O)[nH]c2=O)O1. The summed E-state index contributed by atoms with van der Waals surface area (Å²) >= 11 is 0. The van der Waals surface area contributed by atoms with E-state index in [9.17, 15) is 9.59 Å². The Morgan fingerprint density at radius 1 is 1.53 bits per heavy atom. The van der Waals surface area contributed by atoms with E-state index in [1.54, 1.807) is 0 Å². The Morgan fingerprint density at radius 2 is 2.29 bits per heavy atom. The van der Waals surface area contributed by atoms with Gasteiger partial charge in [0.15, 0.2) is 5.79 Å². The van der Waals surface area contributed by atoms with Crippen LogP contribution in [0, 0.1) is 0 Å². The number of ether oxygens (including phenoxy) is 2. The summed E-state index contributed by atoms with van der Waals surface area (Å²) in [6, 6.07) is 1.33. The van der Waals surface area contributed by atoms with Gasteiger partial charge in [-0.1, -0.05) is 0 Å². The van der Waals surface area contributed by atoms with Crippen molar-refractivity contribution in [2.45, 2.75) is 38.7 Å². The van der Waals surface area contributed by atoms with Crippen LogP contribution in [0.25, 0.3) is 0 Å². The van der Waals surface area contributed by atoms with Crippen molar-refractivity contribution in [1.82, 2.24) is 9.55 Å². The molecule has 1 aliphatic rings. The van der Waals surface area contributed by atoms with Crippen LogP contribution in [0.3, 0.4) is 0 Å². The number of nitrogens with zero attached hydrogens (tertiary/aromatic N) is 1. The van der Waals surface area contributed by atoms with Gasteiger partial charge in [-0.15, -0.1) is 0 Å². The minimum atomic E-state index is -0.541. The van der Waals surface area contributed by atoms with Crippen molar-refractivity contribution in [2.24, 2.45) is 0 Å². The molecular weight excluding hydrogens is 224 g/mol. The topological polar surface area (TPSA) is 73.3 Å². The Morgan fingerprint density at radius 3 is 2.88 bits per heavy atom. The fourth-order valence-electron chi connectivity index (χ4n) is 1.81. The first-order valence-electron chi connectivity index (χ1n) is 5.58. The van der Waals surface area contributed by atoms with Gasteiger partial charge in [-0.3, -0.25) is 9.78 Å². The van der Waals surface area contributed by atoms with Crippen LogP contribution in [0.2, 0.25) is 0 Å². The van der Waals surface area contributed by atoms with Crippen LogP contribution in [0.1, 0.15) is 20.3 Å². The lowest BCUT2D eigenvalue weighted by atomic mass is 10.2. The second-order valence-corrected chi connectivity index (χ2v) is 4.54. The fourth-order valence-corrected chi connectivity index (χ4v) is 1.81. The van der Waals surface area contributed by atoms with Gasteiger partial charge in [0, 0.05) is 18.8 Å². The molecule has 94 valence electrons. The molecular formula is C11H16N2O4. The average Bonchev–Trinajstić information content (AvgIpc) is 2.57. The molecule has 1 fully saturated rings. The van der Waals surface area contributed by atoms with Crippen LogP contribution in [0.5, 0.6) is 0 Å². The maximum Gasteiger partial charge on any atom is 0.328 e. The van der Waals surface area contributed by atoms with E-state index in [-0.39, 0.29) is 11.7 Å². The van der Waals surface area contributed by atoms with Crippen molar-refractivity contribution >= 4 is 0 Å². The van der Waals surface area contributed by atoms with Gasteiger partial charge in [0.1, 0.15) is 0 Å². The lowest BCUT2D eigenvalue weighted by Gasteiger charge is -2.17. The Kier molecular flexibility index (Phi) is 3.17. The third-order valence-corrected chi connectivity index (χ3v) is 2.66. The van der Waals surface area contributed by atoms with Crippen molar-refractivity contribution in [3.05, 3.63) is 33.1 Å². The highest BCUT2D eigenvalue weighted by Crippen LogP contribution is 2.24. The summed E-state index contributed by atoms with van der Waals surface area (Å²) in [6.45, 7) is 4.75. The van der Waals surface area contributed by atoms with E-state index < -0.39 is 11.5 Å². The number of rotatable bonds is 3. The number of aromatic amines is 1. The number of H-pyrrole nitrogens is 1. The normalized spacial score (nSPS) is 22.8. The number of nitrogens with one attached hydrogen (secondary N) is 1. The van der Waals surface area contributed by atoms with Crippen LogP contribution >= 0.6 is 0 Å². The molecule has 0 spiro atoms. The van der Waals surface area contributed by atoms with Crippen molar-refractivity contribution in [2.75, 3.05) is 6.61 Å². The van der Waals surface area contributed by atoms with E-state index in [2.05, 4.69) is 4.98 Å². The van der Waals surface area contributed by atoms with E-state index >= 15 is 0 Å². The minimum Gasteiger partial charge on any atom is -0.348 e. The van der Waals surface area contributed by atoms with Crippen molar-refractivity contribution < 1.29 is 9.47 Å². The minimum absolute atomic E-state index is 0.0103. The molecule has 6 heteroatoms. The van der Waals surface area contributed by atoms with Crippen molar-refractivity contribution in [1.29, 1.82) is 0 Å². The van der Waals surface area contributed by atoms with Crippen molar-refractivity contribution in [3.63, 3.8) is 0 Å². The first-order chi connectivity index (χ1) is 7.96. The zero-order chi connectivity index (χ0) is 12.5. The quantitative estimate of drug-likeness (QED) is 0.812. The molecule has 2 rings (SSSR count). The average molecular weight is 240 g/mol. The van der Waals surface area contributed by atoms with Gasteiger partial charge in [0.05, 0.1) is 12.7 Å². The van der Waals surface area contributed by atoms with Gasteiger partial charge in [-0.2, -0.15) is 0 Å². The molecule has 17 heavy (non-hydrogen) atoms. The predicted octanol–water partition coefficient (Wildman–Crippen LogP) is 0.0782. The van der Waals surface area contributed by atoms with Gasteiger partial charge in [-0.25, -0.2) is 4.79 Å². The summed E-state index contributed by atoms with van der Waals surface area (Å²) in [4.78, 5) is 24.5. The molecule has 0 radical (unpaired) electrons. The number of hydrogen-bond acceptors (Lipinski definition) is 4. The highest BCUT2D eigenvalue weighted by atomic mass is 16.7. The summed E-state index contributed by atoms with van der Waals surface area (Å²) in [5.74, 6) is -0.541. The standard InChI is InChI=1S/C11H16N2O4/c1-11(2)16-7-8(17-11)3-5-13-6-4-9(14)12-10(13)15/h4,6,8H,3,5,7H2,1-2H3,(H,12,14,15)/t8-/m1/s1. The van der Waals surface area contributed by atoms with E-state index in [1.807, 2.05) is 13.8 Å². The molecule has 0 aromatic carbocycles. The number of hydrogen-bond donors (Lipinski definition) is 1. The lowest BCUT2D eigenvalue weighted by molar-refractivity contribution is -0.139. The molecule has 2 heterocycles. The first-order valence-corrected chi connectivity index (χ1v) is 5.58. The summed E-state index contributed by atoms with van der Waals surface area (Å²) in [5.41, 5.74) is -0.775. The number of aromatic nitrogens is 2. The summed E-state index contributed by atoms with van der Waals surface area (Å²) in [7, 11) is 0. The monoisotopic (exact) mass is 240 g/mol. The molecule has 0 bridgehead atoms. The highest BCUT2D eigenvalue weighted by molar-refractivity contribution is 4.83. The van der Waals surface area contributed by atoms with Crippen LogP contribution in [-0.4, -0.2) is 28.0 Å². The molecule has 1 N–H and O–H groups in total. The van der Waals surface area contributed by atoms with E-state index in [0.717, 1.165) is 0 Å². The summed E-state index contributed by atoms with van der Waals surface area (Å²) in [6.07, 6.45) is 2.15. The second-order valence-electron chi connectivity index (χ2n) is 4.54. The second kappa shape index (κ2) is 4.46. The molecule has 0 unspecified atom stereocenters. The smallest absolute Gasteiger partial charge is 0.328 e. The largest absolute Gasteiger partial charge is 0.348 e. The van der Waals surface area contributed by atoms with Gasteiger partial charge < -0.3 is 14.0 Å². The maximum absolute atomic E-state index is 11.4. The lowest BCUT2D eigenvalue weighted by Crippen LogP contribution is -2.30. The zero-order valence-corrected chi connectivity index (χ0v) is 9.93. The van der Waals surface area contributed by atoms with Gasteiger partial charge in [0.2, 0.25) is 0 Å². The van der Waals surface area contributed by atoms with Gasteiger partial charge >= 0.3 is 5.69 Å². The summed E-state index contributed by atoms with van der Waals surface area (Å²) < 4.78 is 12.5. The number of aryl methyl sites for hydroxylation is 1. The maximum atomic E-state index is 11.4. The van der Waals surface area contributed by atoms with Crippen LogP contribution in [0.4, 0.5) is 0 Å². The molecule has 1 aromatic heterocycles. The molecule has 1 atom stereocenters. The zero-order valence-electron chi connectivity index (χ0n) is 9.93. The molecule has 0 saturated carbocycles. The predicted molar refractivity (Wildman–Crippen MR) is 60.8 cm³/mol. The first kappa shape index (κ1) is 12.1. The molecule has 0 aliphatic carbocycles. The van der Waals surface area contributed by atoms with Crippen molar-refractivity contribution in [3.8, 4) is 0 Å². The van der Waals surface area contributed by atoms with Crippen LogP contribution < -0.4 is 11.2 Å². The highest BCUT2D eigenvalue weighted by Gasteiger charge is 2.32. The van der Waals surface area contributed by atoms with E-state index in [4.69, 9.17) is 9.47 Å². The van der Waals surface area contributed by atoms with Crippen LogP contribution in [0.15, 0.2) is 21.9 Å². The Balaban J connectivity index is 1.95. The summed E-state index contributed by atoms with van der Waals surface area (Å²) in [5, 5.41) is 0. The Hall–Kier alpha value is -1.40. The molecule has 6 nitrogen and oxygen atoms in total.